The minimum atomic E-state index is -1.16. The number of carbonyl (C=O) groups is 1. The molecule has 0 spiro atoms. The molecule has 2 aromatic carbocycles. The zero-order chi connectivity index (χ0) is 23.8. The molecule has 0 bridgehead atoms. The molecule has 0 unspecified atom stereocenters. The molecule has 2 rings (SSSR count). The van der Waals surface area contributed by atoms with Crippen LogP contribution in [0.15, 0.2) is 46.2 Å². The molecule has 2 atom stereocenters. The SMILES string of the molecule is CC(C)Sc1cc(SC(C)C)c(OC[C@@H](O)C[C@@H](O)CC(=O)O)c(-c2ccc(F)cc2)c1. The van der Waals surface area contributed by atoms with E-state index >= 15 is 0 Å². The van der Waals surface area contributed by atoms with Crippen molar-refractivity contribution in [1.82, 2.24) is 0 Å². The van der Waals surface area contributed by atoms with Crippen LogP contribution in [0, 0.1) is 5.82 Å². The molecule has 3 N–H and O–H groups in total. The van der Waals surface area contributed by atoms with Gasteiger partial charge in [0.25, 0.3) is 0 Å². The monoisotopic (exact) mass is 482 g/mol. The molecule has 0 heterocycles. The van der Waals surface area contributed by atoms with E-state index in [9.17, 15) is 19.4 Å². The fraction of sp³-hybridized carbons (Fsp3) is 0.458. The van der Waals surface area contributed by atoms with E-state index in [-0.39, 0.29) is 24.1 Å². The van der Waals surface area contributed by atoms with Gasteiger partial charge in [-0.05, 0) is 29.8 Å². The second-order valence-electron chi connectivity index (χ2n) is 8.09. The van der Waals surface area contributed by atoms with Crippen molar-refractivity contribution in [2.75, 3.05) is 6.61 Å². The molecule has 0 aliphatic carbocycles. The van der Waals surface area contributed by atoms with E-state index < -0.39 is 24.6 Å². The summed E-state index contributed by atoms with van der Waals surface area (Å²) in [5.41, 5.74) is 1.58. The number of ether oxygens (including phenoxy) is 1. The predicted octanol–water partition coefficient (Wildman–Crippen LogP) is 5.46. The second kappa shape index (κ2) is 12.5. The number of halogens is 1. The molecular formula is C24H31FO5S2. The van der Waals surface area contributed by atoms with Crippen molar-refractivity contribution >= 4 is 29.5 Å². The Hall–Kier alpha value is -1.74. The van der Waals surface area contributed by atoms with E-state index in [1.807, 2.05) is 6.07 Å². The number of aliphatic hydroxyl groups is 2. The van der Waals surface area contributed by atoms with Gasteiger partial charge < -0.3 is 20.1 Å². The van der Waals surface area contributed by atoms with Crippen molar-refractivity contribution in [1.29, 1.82) is 0 Å². The van der Waals surface area contributed by atoms with Crippen LogP contribution in [0.4, 0.5) is 4.39 Å². The first-order valence-corrected chi connectivity index (χ1v) is 12.3. The smallest absolute Gasteiger partial charge is 0.305 e. The van der Waals surface area contributed by atoms with Crippen LogP contribution >= 0.6 is 23.5 Å². The fourth-order valence-electron chi connectivity index (χ4n) is 3.10. The Kier molecular flexibility index (Phi) is 10.3. The second-order valence-corrected chi connectivity index (χ2v) is 11.4. The number of aliphatic hydroxyl groups excluding tert-OH is 2. The van der Waals surface area contributed by atoms with E-state index in [4.69, 9.17) is 9.84 Å². The predicted molar refractivity (Wildman–Crippen MR) is 128 cm³/mol. The first-order valence-electron chi connectivity index (χ1n) is 10.5. The molecule has 0 aromatic heterocycles. The summed E-state index contributed by atoms with van der Waals surface area (Å²) >= 11 is 3.35. The molecule has 5 nitrogen and oxygen atoms in total. The lowest BCUT2D eigenvalue weighted by molar-refractivity contribution is -0.139. The highest BCUT2D eigenvalue weighted by molar-refractivity contribution is 8.00. The Labute approximate surface area is 197 Å². The Morgan fingerprint density at radius 1 is 1.00 bits per heavy atom. The first-order chi connectivity index (χ1) is 15.0. The van der Waals surface area contributed by atoms with Gasteiger partial charge in [0.2, 0.25) is 0 Å². The Bertz CT molecular complexity index is 887. The van der Waals surface area contributed by atoms with Crippen molar-refractivity contribution in [3.63, 3.8) is 0 Å². The third kappa shape index (κ3) is 8.65. The molecule has 8 heteroatoms. The quantitative estimate of drug-likeness (QED) is 0.346. The number of rotatable bonds is 12. The third-order valence-corrected chi connectivity index (χ3v) is 6.30. The van der Waals surface area contributed by atoms with Gasteiger partial charge in [0.15, 0.2) is 0 Å². The van der Waals surface area contributed by atoms with E-state index in [1.165, 1.54) is 12.1 Å². The minimum absolute atomic E-state index is 0.104. The highest BCUT2D eigenvalue weighted by atomic mass is 32.2. The van der Waals surface area contributed by atoms with Crippen molar-refractivity contribution in [3.05, 3.63) is 42.2 Å². The van der Waals surface area contributed by atoms with Gasteiger partial charge in [0, 0.05) is 27.4 Å². The van der Waals surface area contributed by atoms with Crippen LogP contribution in [-0.4, -0.2) is 50.6 Å². The standard InChI is InChI=1S/C24H31FO5S2/c1-14(2)31-20-11-21(16-5-7-17(25)8-6-16)24(22(12-20)32-15(3)4)30-13-19(27)9-18(26)10-23(28)29/h5-8,11-12,14-15,18-19,26-27H,9-10,13H2,1-4H3,(H,28,29)/t18-,19+/m1/s1. The average Bonchev–Trinajstić information content (AvgIpc) is 2.65. The molecule has 176 valence electrons. The van der Waals surface area contributed by atoms with Gasteiger partial charge in [0.05, 0.1) is 23.5 Å². The number of carboxylic acids is 1. The molecule has 0 fully saturated rings. The zero-order valence-electron chi connectivity index (χ0n) is 18.7. The summed E-state index contributed by atoms with van der Waals surface area (Å²) in [6.07, 6.45) is -2.73. The number of hydrogen-bond donors (Lipinski definition) is 3. The summed E-state index contributed by atoms with van der Waals surface area (Å²) in [4.78, 5) is 12.7. The van der Waals surface area contributed by atoms with E-state index in [0.717, 1.165) is 20.9 Å². The van der Waals surface area contributed by atoms with Gasteiger partial charge in [-0.1, -0.05) is 39.8 Å². The van der Waals surface area contributed by atoms with Gasteiger partial charge in [-0.3, -0.25) is 4.79 Å². The average molecular weight is 483 g/mol. The van der Waals surface area contributed by atoms with Crippen LogP contribution in [0.3, 0.4) is 0 Å². The molecule has 0 saturated carbocycles. The highest BCUT2D eigenvalue weighted by Crippen LogP contribution is 2.44. The van der Waals surface area contributed by atoms with Crippen LogP contribution in [-0.2, 0) is 4.79 Å². The number of benzene rings is 2. The molecular weight excluding hydrogens is 451 g/mol. The Balaban J connectivity index is 2.40. The fourth-order valence-corrected chi connectivity index (χ4v) is 5.07. The van der Waals surface area contributed by atoms with Gasteiger partial charge in [0.1, 0.15) is 18.2 Å². The summed E-state index contributed by atoms with van der Waals surface area (Å²) in [5, 5.41) is 29.5. The van der Waals surface area contributed by atoms with Gasteiger partial charge in [-0.2, -0.15) is 0 Å². The van der Waals surface area contributed by atoms with Gasteiger partial charge in [-0.15, -0.1) is 23.5 Å². The van der Waals surface area contributed by atoms with Crippen LogP contribution in [0.2, 0.25) is 0 Å². The van der Waals surface area contributed by atoms with Crippen LogP contribution in [0.5, 0.6) is 5.75 Å². The molecule has 32 heavy (non-hydrogen) atoms. The van der Waals surface area contributed by atoms with E-state index in [0.29, 0.717) is 11.0 Å². The summed E-state index contributed by atoms with van der Waals surface area (Å²) in [6, 6.07) is 10.2. The Morgan fingerprint density at radius 3 is 2.19 bits per heavy atom. The van der Waals surface area contributed by atoms with Crippen molar-refractivity contribution in [2.45, 2.75) is 73.0 Å². The summed E-state index contributed by atoms with van der Waals surface area (Å²) in [5.74, 6) is -0.878. The molecule has 0 aliphatic rings. The lowest BCUT2D eigenvalue weighted by Gasteiger charge is -2.21. The number of aliphatic carboxylic acids is 1. The molecule has 0 saturated heterocycles. The van der Waals surface area contributed by atoms with Gasteiger partial charge in [-0.25, -0.2) is 4.39 Å². The van der Waals surface area contributed by atoms with Crippen LogP contribution in [0.1, 0.15) is 40.5 Å². The lowest BCUT2D eigenvalue weighted by atomic mass is 10.0. The van der Waals surface area contributed by atoms with Crippen LogP contribution in [0.25, 0.3) is 11.1 Å². The molecule has 0 amide bonds. The maximum atomic E-state index is 13.5. The van der Waals surface area contributed by atoms with Crippen molar-refractivity contribution in [2.24, 2.45) is 0 Å². The topological polar surface area (TPSA) is 87.0 Å². The first kappa shape index (κ1) is 26.5. The zero-order valence-corrected chi connectivity index (χ0v) is 20.4. The minimum Gasteiger partial charge on any atom is -0.489 e. The molecule has 0 radical (unpaired) electrons. The maximum absolute atomic E-state index is 13.5. The van der Waals surface area contributed by atoms with E-state index in [2.05, 4.69) is 33.8 Å². The number of thioether (sulfide) groups is 2. The summed E-state index contributed by atoms with van der Waals surface area (Å²) in [6.45, 7) is 8.27. The lowest BCUT2D eigenvalue weighted by Crippen LogP contribution is -2.25. The molecule has 2 aromatic rings. The Morgan fingerprint density at radius 2 is 1.62 bits per heavy atom. The highest BCUT2D eigenvalue weighted by Gasteiger charge is 2.20. The largest absolute Gasteiger partial charge is 0.489 e. The number of hydrogen-bond acceptors (Lipinski definition) is 6. The van der Waals surface area contributed by atoms with Crippen molar-refractivity contribution in [3.8, 4) is 16.9 Å². The van der Waals surface area contributed by atoms with Gasteiger partial charge >= 0.3 is 5.97 Å². The van der Waals surface area contributed by atoms with Crippen LogP contribution < -0.4 is 4.74 Å². The third-order valence-electron chi connectivity index (χ3n) is 4.29. The summed E-state index contributed by atoms with van der Waals surface area (Å²) < 4.78 is 19.6. The molecule has 0 aliphatic heterocycles. The van der Waals surface area contributed by atoms with E-state index in [1.54, 1.807) is 35.7 Å². The van der Waals surface area contributed by atoms with Crippen molar-refractivity contribution < 1.29 is 29.2 Å². The summed E-state index contributed by atoms with van der Waals surface area (Å²) in [7, 11) is 0. The number of carboxylic acid groups (broad SMARTS) is 1. The maximum Gasteiger partial charge on any atom is 0.305 e. The normalized spacial score (nSPS) is 13.4.